The first-order valence-electron chi connectivity index (χ1n) is 7.13. The van der Waals surface area contributed by atoms with E-state index in [-0.39, 0.29) is 31.6 Å². The molecular weight excluding hydrogens is 532 g/mol. The van der Waals surface area contributed by atoms with Crippen molar-refractivity contribution in [3.05, 3.63) is 67.1 Å². The molecule has 0 aliphatic heterocycles. The highest BCUT2D eigenvalue weighted by Gasteiger charge is 2.05. The number of rotatable bonds is 1. The number of H-pyrrole nitrogens is 1. The first-order valence-corrected chi connectivity index (χ1v) is 8.72. The molecular formula is C18H21Br2F2N5O3. The summed E-state index contributed by atoms with van der Waals surface area (Å²) in [4.78, 5) is 35.9. The third-order valence-electron chi connectivity index (χ3n) is 2.89. The minimum atomic E-state index is -0.833. The van der Waals surface area contributed by atoms with E-state index in [4.69, 9.17) is 10.5 Å². The van der Waals surface area contributed by atoms with Gasteiger partial charge in [0.2, 0.25) is 0 Å². The molecule has 0 spiro atoms. The molecule has 0 radical (unpaired) electrons. The quantitative estimate of drug-likeness (QED) is 0.264. The highest BCUT2D eigenvalue weighted by atomic mass is 79.9. The number of benzene rings is 2. The van der Waals surface area contributed by atoms with Gasteiger partial charge >= 0.3 is 11.7 Å². The lowest BCUT2D eigenvalue weighted by molar-refractivity contribution is 0.112. The van der Waals surface area contributed by atoms with Crippen molar-refractivity contribution in [1.29, 1.82) is 0 Å². The second-order valence-electron chi connectivity index (χ2n) is 4.95. The van der Waals surface area contributed by atoms with Crippen LogP contribution in [0.2, 0.25) is 0 Å². The monoisotopic (exact) mass is 551 g/mol. The predicted molar refractivity (Wildman–Crippen MR) is 121 cm³/mol. The minimum Gasteiger partial charge on any atom is -0.396 e. The molecule has 1 heterocycles. The molecule has 0 atom stereocenters. The largest absolute Gasteiger partial charge is 0.396 e. The smallest absolute Gasteiger partial charge is 0.345 e. The third kappa shape index (κ3) is 9.09. The van der Waals surface area contributed by atoms with E-state index in [2.05, 4.69) is 53.3 Å². The molecule has 0 fully saturated rings. The topological polar surface area (TPSA) is 158 Å². The van der Waals surface area contributed by atoms with Crippen molar-refractivity contribution in [2.75, 3.05) is 5.73 Å². The zero-order valence-corrected chi connectivity index (χ0v) is 17.1. The molecule has 3 rings (SSSR count). The van der Waals surface area contributed by atoms with Crippen molar-refractivity contribution >= 4 is 60.8 Å². The Labute approximate surface area is 188 Å². The molecule has 0 aliphatic rings. The van der Waals surface area contributed by atoms with Gasteiger partial charge < -0.3 is 22.2 Å². The Morgan fingerprint density at radius 1 is 1.03 bits per heavy atom. The van der Waals surface area contributed by atoms with Crippen LogP contribution in [-0.2, 0) is 0 Å². The number of carbonyl (C=O) groups excluding carboxylic acids is 2. The molecule has 0 saturated heterocycles. The molecule has 8 nitrogen and oxygen atoms in total. The Morgan fingerprint density at radius 2 is 1.53 bits per heavy atom. The Balaban J connectivity index is 0. The Kier molecular flexibility index (Phi) is 13.1. The molecule has 2 amide bonds. The number of hydrogen-bond donors (Lipinski definition) is 4. The molecule has 1 aromatic heterocycles. The van der Waals surface area contributed by atoms with Gasteiger partial charge in [-0.15, -0.1) is 0 Å². The molecule has 3 aromatic rings. The van der Waals surface area contributed by atoms with Gasteiger partial charge in [-0.3, -0.25) is 4.79 Å². The summed E-state index contributed by atoms with van der Waals surface area (Å²) in [7, 11) is 0. The Bertz CT molecular complexity index is 1070. The summed E-state index contributed by atoms with van der Waals surface area (Å²) in [6.07, 6.45) is 1.85. The first kappa shape index (κ1) is 29.3. The molecule has 30 heavy (non-hydrogen) atoms. The summed E-state index contributed by atoms with van der Waals surface area (Å²) >= 11 is 6.18. The van der Waals surface area contributed by atoms with E-state index in [1.165, 1.54) is 24.4 Å². The van der Waals surface area contributed by atoms with Crippen LogP contribution < -0.4 is 22.9 Å². The summed E-state index contributed by atoms with van der Waals surface area (Å²) < 4.78 is 27.0. The van der Waals surface area contributed by atoms with Gasteiger partial charge in [-0.1, -0.05) is 46.7 Å². The van der Waals surface area contributed by atoms with E-state index in [0.717, 1.165) is 0 Å². The van der Waals surface area contributed by atoms with E-state index in [9.17, 15) is 18.4 Å². The average Bonchev–Trinajstić information content (AvgIpc) is 2.59. The average molecular weight is 553 g/mol. The van der Waals surface area contributed by atoms with Gasteiger partial charge in [-0.05, 0) is 24.3 Å². The molecule has 7 N–H and O–H groups in total. The summed E-state index contributed by atoms with van der Waals surface area (Å²) in [5.41, 5.74) is 13.4. The lowest BCUT2D eigenvalue weighted by Crippen LogP contribution is -2.18. The fourth-order valence-corrected chi connectivity index (χ4v) is 2.69. The normalized spacial score (nSPS) is 8.93. The lowest BCUT2D eigenvalue weighted by Gasteiger charge is -1.99. The van der Waals surface area contributed by atoms with Crippen molar-refractivity contribution in [2.45, 2.75) is 14.9 Å². The van der Waals surface area contributed by atoms with Gasteiger partial charge in [-0.2, -0.15) is 0 Å². The van der Waals surface area contributed by atoms with Crippen molar-refractivity contribution in [1.82, 2.24) is 9.97 Å². The number of hydrogen-bond acceptors (Lipinski definition) is 5. The maximum atomic E-state index is 13.2. The van der Waals surface area contributed by atoms with Gasteiger partial charge in [0.25, 0.3) is 0 Å². The van der Waals surface area contributed by atoms with E-state index in [1.54, 1.807) is 6.07 Å². The van der Waals surface area contributed by atoms with Crippen LogP contribution in [0.4, 0.5) is 19.3 Å². The highest BCUT2D eigenvalue weighted by Crippen LogP contribution is 2.21. The standard InChI is InChI=1S/C8H4BrFN2O.C7H5BrFNO.CH4N2O.2CH4/c9-5-1-4-3-11-8(13)12-7(4)6(10)2-5;8-5-1-4(3-11)7(10)6(9)2-5;2-1(3)4;;/h1-3H,(H,11,12,13);1-3H,10H2;(H4,2,3,4);2*1H4. The third-order valence-corrected chi connectivity index (χ3v) is 3.81. The number of amides is 2. The van der Waals surface area contributed by atoms with Crippen LogP contribution in [0.15, 0.2) is 44.2 Å². The van der Waals surface area contributed by atoms with E-state index in [1.807, 2.05) is 0 Å². The molecule has 12 heteroatoms. The van der Waals surface area contributed by atoms with Crippen LogP contribution in [0.25, 0.3) is 10.9 Å². The van der Waals surface area contributed by atoms with Gasteiger partial charge in [0.15, 0.2) is 6.29 Å². The van der Waals surface area contributed by atoms with Crippen molar-refractivity contribution in [2.24, 2.45) is 11.5 Å². The minimum absolute atomic E-state index is 0. The van der Waals surface area contributed by atoms with Gasteiger partial charge in [0.1, 0.15) is 11.6 Å². The molecule has 0 saturated carbocycles. The number of aldehydes is 1. The van der Waals surface area contributed by atoms with Gasteiger partial charge in [0, 0.05) is 26.1 Å². The predicted octanol–water partition coefficient (Wildman–Crippen LogP) is 4.10. The van der Waals surface area contributed by atoms with Crippen LogP contribution in [0, 0.1) is 11.6 Å². The van der Waals surface area contributed by atoms with Crippen LogP contribution >= 0.6 is 31.9 Å². The number of halogens is 4. The fraction of sp³-hybridized carbons (Fsp3) is 0.111. The number of aromatic nitrogens is 2. The summed E-state index contributed by atoms with van der Waals surface area (Å²) in [6, 6.07) is 4.81. The molecule has 0 unspecified atom stereocenters. The zero-order chi connectivity index (χ0) is 21.4. The van der Waals surface area contributed by atoms with Crippen molar-refractivity contribution in [3.8, 4) is 0 Å². The Morgan fingerprint density at radius 3 is 2.07 bits per heavy atom. The summed E-state index contributed by atoms with van der Waals surface area (Å²) in [6.45, 7) is 0. The van der Waals surface area contributed by atoms with Crippen LogP contribution in [0.1, 0.15) is 25.2 Å². The van der Waals surface area contributed by atoms with E-state index < -0.39 is 23.4 Å². The number of anilines is 1. The molecule has 164 valence electrons. The number of nitrogens with one attached hydrogen (secondary N) is 1. The van der Waals surface area contributed by atoms with Crippen molar-refractivity contribution < 1.29 is 18.4 Å². The van der Waals surface area contributed by atoms with Crippen molar-refractivity contribution in [3.63, 3.8) is 0 Å². The van der Waals surface area contributed by atoms with Gasteiger partial charge in [0.05, 0.1) is 11.2 Å². The lowest BCUT2D eigenvalue weighted by atomic mass is 10.2. The van der Waals surface area contributed by atoms with Crippen LogP contribution in [0.3, 0.4) is 0 Å². The molecule has 0 bridgehead atoms. The fourth-order valence-electron chi connectivity index (χ4n) is 1.80. The number of nitrogens with zero attached hydrogens (tertiary/aromatic N) is 1. The second kappa shape index (κ2) is 13.4. The number of nitrogens with two attached hydrogens (primary N) is 3. The first-order chi connectivity index (χ1) is 13.0. The number of primary amides is 2. The maximum absolute atomic E-state index is 13.2. The summed E-state index contributed by atoms with van der Waals surface area (Å²) in [5, 5.41) is 0.562. The highest BCUT2D eigenvalue weighted by molar-refractivity contribution is 9.10. The maximum Gasteiger partial charge on any atom is 0.345 e. The molecule has 0 aliphatic carbocycles. The van der Waals surface area contributed by atoms with Crippen LogP contribution in [-0.4, -0.2) is 22.3 Å². The second-order valence-corrected chi connectivity index (χ2v) is 6.78. The van der Waals surface area contributed by atoms with E-state index >= 15 is 0 Å². The van der Waals surface area contributed by atoms with Crippen LogP contribution in [0.5, 0.6) is 0 Å². The number of urea groups is 1. The number of nitrogen functional groups attached to an aromatic ring is 1. The number of aromatic amines is 1. The van der Waals surface area contributed by atoms with E-state index in [0.29, 0.717) is 20.6 Å². The van der Waals surface area contributed by atoms with Gasteiger partial charge in [-0.25, -0.2) is 23.4 Å². The number of carbonyl (C=O) groups is 2. The zero-order valence-electron chi connectivity index (χ0n) is 13.9. The number of fused-ring (bicyclic) bond motifs is 1. The molecule has 2 aromatic carbocycles. The summed E-state index contributed by atoms with van der Waals surface area (Å²) in [5.74, 6) is -1.05. The SMILES string of the molecule is C.C.NC(N)=O.Nc1c(F)cc(Br)cc1C=O.O=c1ncc2cc(Br)cc(F)c2[nH]1. The Hall–Kier alpha value is -2.86.